The van der Waals surface area contributed by atoms with Crippen molar-refractivity contribution in [2.24, 2.45) is 0 Å². The Labute approximate surface area is 119 Å². The first kappa shape index (κ1) is 12.4. The molecule has 5 heteroatoms. The first-order chi connectivity index (χ1) is 9.09. The minimum Gasteiger partial charge on any atom is -0.330 e. The predicted molar refractivity (Wildman–Crippen MR) is 78.2 cm³/mol. The van der Waals surface area contributed by atoms with Crippen molar-refractivity contribution in [3.63, 3.8) is 0 Å². The van der Waals surface area contributed by atoms with Crippen LogP contribution in [0.1, 0.15) is 5.56 Å². The number of benzene rings is 2. The highest BCUT2D eigenvalue weighted by atomic mass is 35.5. The standard InChI is InChI=1S/C14H10ClFN2S/c1-8-10(16)5-3-7-12(8)18-13-9(15)4-2-6-11(13)17-14(18)19/h2-7H,1H3,(H,17,19). The number of hydrogen-bond donors (Lipinski definition) is 1. The molecule has 0 fully saturated rings. The molecule has 1 aromatic heterocycles. The molecule has 0 aliphatic rings. The molecule has 0 aliphatic heterocycles. The number of nitrogens with one attached hydrogen (secondary N) is 1. The third-order valence-electron chi connectivity index (χ3n) is 3.14. The van der Waals surface area contributed by atoms with Gasteiger partial charge in [0.1, 0.15) is 5.82 Å². The van der Waals surface area contributed by atoms with Gasteiger partial charge in [-0.3, -0.25) is 4.57 Å². The lowest BCUT2D eigenvalue weighted by Crippen LogP contribution is -1.99. The Morgan fingerprint density at radius 1 is 1.21 bits per heavy atom. The van der Waals surface area contributed by atoms with E-state index in [-0.39, 0.29) is 5.82 Å². The van der Waals surface area contributed by atoms with E-state index >= 15 is 0 Å². The molecule has 0 amide bonds. The molecule has 19 heavy (non-hydrogen) atoms. The van der Waals surface area contributed by atoms with Gasteiger partial charge in [0.25, 0.3) is 0 Å². The van der Waals surface area contributed by atoms with Crippen LogP contribution in [0, 0.1) is 17.5 Å². The summed E-state index contributed by atoms with van der Waals surface area (Å²) in [6.07, 6.45) is 0. The van der Waals surface area contributed by atoms with Crippen LogP contribution >= 0.6 is 23.8 Å². The molecular weight excluding hydrogens is 283 g/mol. The van der Waals surface area contributed by atoms with E-state index in [0.29, 0.717) is 21.0 Å². The summed E-state index contributed by atoms with van der Waals surface area (Å²) in [6, 6.07) is 10.4. The number of fused-ring (bicyclic) bond motifs is 1. The summed E-state index contributed by atoms with van der Waals surface area (Å²) in [5.74, 6) is -0.263. The summed E-state index contributed by atoms with van der Waals surface area (Å²) in [4.78, 5) is 3.08. The Morgan fingerprint density at radius 2 is 1.95 bits per heavy atom. The fraction of sp³-hybridized carbons (Fsp3) is 0.0714. The van der Waals surface area contributed by atoms with Crippen molar-refractivity contribution >= 4 is 34.9 Å². The first-order valence-corrected chi connectivity index (χ1v) is 6.53. The highest BCUT2D eigenvalue weighted by Gasteiger charge is 2.12. The molecule has 96 valence electrons. The highest BCUT2D eigenvalue weighted by molar-refractivity contribution is 7.71. The lowest BCUT2D eigenvalue weighted by Gasteiger charge is -2.09. The topological polar surface area (TPSA) is 20.7 Å². The van der Waals surface area contributed by atoms with Crippen LogP contribution in [0.2, 0.25) is 5.02 Å². The van der Waals surface area contributed by atoms with Gasteiger partial charge < -0.3 is 4.98 Å². The van der Waals surface area contributed by atoms with Gasteiger partial charge in [0.05, 0.1) is 21.7 Å². The average molecular weight is 293 g/mol. The third kappa shape index (κ3) is 1.88. The number of aromatic nitrogens is 2. The van der Waals surface area contributed by atoms with Crippen molar-refractivity contribution in [3.05, 3.63) is 57.6 Å². The number of rotatable bonds is 1. The molecule has 2 nitrogen and oxygen atoms in total. The molecule has 0 spiro atoms. The van der Waals surface area contributed by atoms with Gasteiger partial charge in [-0.05, 0) is 43.4 Å². The van der Waals surface area contributed by atoms with Gasteiger partial charge in [0, 0.05) is 5.56 Å². The van der Waals surface area contributed by atoms with Gasteiger partial charge in [0.15, 0.2) is 4.77 Å². The quantitative estimate of drug-likeness (QED) is 0.640. The smallest absolute Gasteiger partial charge is 0.182 e. The Balaban J connectivity index is 2.46. The van der Waals surface area contributed by atoms with Crippen LogP contribution in [-0.4, -0.2) is 9.55 Å². The lowest BCUT2D eigenvalue weighted by molar-refractivity contribution is 0.617. The number of hydrogen-bond acceptors (Lipinski definition) is 1. The van der Waals surface area contributed by atoms with E-state index in [1.807, 2.05) is 18.2 Å². The summed E-state index contributed by atoms with van der Waals surface area (Å²) in [7, 11) is 0. The van der Waals surface area contributed by atoms with Crippen LogP contribution in [0.5, 0.6) is 0 Å². The number of imidazole rings is 1. The van der Waals surface area contributed by atoms with Crippen LogP contribution < -0.4 is 0 Å². The zero-order valence-electron chi connectivity index (χ0n) is 10.1. The van der Waals surface area contributed by atoms with Crippen molar-refractivity contribution in [3.8, 4) is 5.69 Å². The van der Waals surface area contributed by atoms with Gasteiger partial charge in [-0.15, -0.1) is 0 Å². The van der Waals surface area contributed by atoms with Crippen molar-refractivity contribution in [1.29, 1.82) is 0 Å². The van der Waals surface area contributed by atoms with Crippen LogP contribution in [0.4, 0.5) is 4.39 Å². The normalized spacial score (nSPS) is 11.1. The molecule has 2 aromatic carbocycles. The zero-order valence-corrected chi connectivity index (χ0v) is 11.6. The number of H-pyrrole nitrogens is 1. The summed E-state index contributed by atoms with van der Waals surface area (Å²) < 4.78 is 16.0. The van der Waals surface area contributed by atoms with E-state index in [9.17, 15) is 4.39 Å². The van der Waals surface area contributed by atoms with Gasteiger partial charge in [-0.1, -0.05) is 23.7 Å². The molecule has 1 N–H and O–H groups in total. The van der Waals surface area contributed by atoms with Crippen LogP contribution in [0.3, 0.4) is 0 Å². The third-order valence-corrected chi connectivity index (χ3v) is 3.72. The molecule has 1 heterocycles. The second-order valence-electron chi connectivity index (χ2n) is 4.29. The lowest BCUT2D eigenvalue weighted by atomic mass is 10.2. The van der Waals surface area contributed by atoms with E-state index in [4.69, 9.17) is 23.8 Å². The Bertz CT molecular complexity index is 835. The van der Waals surface area contributed by atoms with Crippen molar-refractivity contribution < 1.29 is 4.39 Å². The molecule has 0 aliphatic carbocycles. The summed E-state index contributed by atoms with van der Waals surface area (Å²) in [5.41, 5.74) is 2.84. The Morgan fingerprint density at radius 3 is 2.74 bits per heavy atom. The molecule has 0 atom stereocenters. The molecule has 3 rings (SSSR count). The van der Waals surface area contributed by atoms with E-state index in [1.54, 1.807) is 23.6 Å². The summed E-state index contributed by atoms with van der Waals surface area (Å²) in [5, 5.41) is 0.577. The van der Waals surface area contributed by atoms with Gasteiger partial charge >= 0.3 is 0 Å². The maximum atomic E-state index is 13.7. The van der Waals surface area contributed by atoms with Crippen LogP contribution in [-0.2, 0) is 0 Å². The van der Waals surface area contributed by atoms with Gasteiger partial charge in [-0.25, -0.2) is 4.39 Å². The molecule has 3 aromatic rings. The van der Waals surface area contributed by atoms with E-state index in [0.717, 1.165) is 11.0 Å². The number of para-hydroxylation sites is 1. The van der Waals surface area contributed by atoms with E-state index in [2.05, 4.69) is 4.98 Å². The highest BCUT2D eigenvalue weighted by Crippen LogP contribution is 2.28. The van der Waals surface area contributed by atoms with Crippen molar-refractivity contribution in [1.82, 2.24) is 9.55 Å². The van der Waals surface area contributed by atoms with Crippen LogP contribution in [0.25, 0.3) is 16.7 Å². The second-order valence-corrected chi connectivity index (χ2v) is 5.08. The fourth-order valence-electron chi connectivity index (χ4n) is 2.18. The fourth-order valence-corrected chi connectivity index (χ4v) is 2.74. The van der Waals surface area contributed by atoms with Crippen molar-refractivity contribution in [2.75, 3.05) is 0 Å². The number of halogens is 2. The summed E-state index contributed by atoms with van der Waals surface area (Å²) >= 11 is 11.6. The molecule has 0 saturated carbocycles. The monoisotopic (exact) mass is 292 g/mol. The largest absolute Gasteiger partial charge is 0.330 e. The molecule has 0 unspecified atom stereocenters. The summed E-state index contributed by atoms with van der Waals surface area (Å²) in [6.45, 7) is 1.72. The second kappa shape index (κ2) is 4.47. The van der Waals surface area contributed by atoms with E-state index < -0.39 is 0 Å². The Kier molecular flexibility index (Phi) is 2.92. The molecule has 0 radical (unpaired) electrons. The minimum absolute atomic E-state index is 0.263. The molecule has 0 saturated heterocycles. The number of aromatic amines is 1. The number of nitrogens with zero attached hydrogens (tertiary/aromatic N) is 1. The van der Waals surface area contributed by atoms with Crippen LogP contribution in [0.15, 0.2) is 36.4 Å². The average Bonchev–Trinajstić information content (AvgIpc) is 2.71. The minimum atomic E-state index is -0.263. The van der Waals surface area contributed by atoms with Gasteiger partial charge in [0.2, 0.25) is 0 Å². The maximum absolute atomic E-state index is 13.7. The Hall–Kier alpha value is -1.65. The van der Waals surface area contributed by atoms with Crippen molar-refractivity contribution in [2.45, 2.75) is 6.92 Å². The molecule has 0 bridgehead atoms. The zero-order chi connectivity index (χ0) is 13.6. The molecular formula is C14H10ClFN2S. The van der Waals surface area contributed by atoms with E-state index in [1.165, 1.54) is 6.07 Å². The SMILES string of the molecule is Cc1c(F)cccc1-n1c(=S)[nH]c2cccc(Cl)c21. The van der Waals surface area contributed by atoms with Gasteiger partial charge in [-0.2, -0.15) is 0 Å². The first-order valence-electron chi connectivity index (χ1n) is 5.74. The maximum Gasteiger partial charge on any atom is 0.182 e. The predicted octanol–water partition coefficient (Wildman–Crippen LogP) is 4.79.